The number of anilines is 1. The van der Waals surface area contributed by atoms with Crippen LogP contribution in [0, 0.1) is 19.8 Å². The summed E-state index contributed by atoms with van der Waals surface area (Å²) in [5, 5.41) is 3.52. The predicted molar refractivity (Wildman–Crippen MR) is 134 cm³/mol. The van der Waals surface area contributed by atoms with E-state index in [2.05, 4.69) is 23.8 Å². The minimum absolute atomic E-state index is 0.0842. The second-order valence-corrected chi connectivity index (χ2v) is 8.74. The van der Waals surface area contributed by atoms with Crippen molar-refractivity contribution in [2.24, 2.45) is 5.92 Å². The summed E-state index contributed by atoms with van der Waals surface area (Å²) in [4.78, 5) is 31.5. The summed E-state index contributed by atoms with van der Waals surface area (Å²) in [6.07, 6.45) is 3.49. The minimum atomic E-state index is -0.329. The number of hydrogen-bond acceptors (Lipinski definition) is 3. The number of nitrogens with one attached hydrogen (secondary N) is 1. The monoisotopic (exact) mass is 464 g/mol. The van der Waals surface area contributed by atoms with Crippen molar-refractivity contribution in [2.75, 3.05) is 18.4 Å². The molecule has 172 valence electrons. The first-order valence-corrected chi connectivity index (χ1v) is 11.2. The predicted octanol–water partition coefficient (Wildman–Crippen LogP) is 5.42. The van der Waals surface area contributed by atoms with Gasteiger partial charge >= 0.3 is 0 Å². The molecule has 0 unspecified atom stereocenters. The zero-order chi connectivity index (χ0) is 24.1. The summed E-state index contributed by atoms with van der Waals surface area (Å²) < 4.78 is 1.84. The van der Waals surface area contributed by atoms with E-state index in [4.69, 9.17) is 11.6 Å². The number of carbonyl (C=O) groups excluding carboxylic acids is 2. The van der Waals surface area contributed by atoms with Crippen LogP contribution >= 0.6 is 11.6 Å². The number of amides is 2. The lowest BCUT2D eigenvalue weighted by Crippen LogP contribution is -2.40. The fourth-order valence-electron chi connectivity index (χ4n) is 3.39. The highest BCUT2D eigenvalue weighted by atomic mass is 35.5. The molecule has 0 aliphatic rings. The number of hydrogen-bond donors (Lipinski definition) is 1. The van der Waals surface area contributed by atoms with E-state index in [1.807, 2.05) is 48.0 Å². The number of halogens is 1. The first-order valence-electron chi connectivity index (χ1n) is 10.8. The fourth-order valence-corrected chi connectivity index (χ4v) is 3.52. The quantitative estimate of drug-likeness (QED) is 0.452. The van der Waals surface area contributed by atoms with Crippen LogP contribution in [0.4, 0.5) is 5.95 Å². The number of aromatic nitrogens is 2. The summed E-state index contributed by atoms with van der Waals surface area (Å²) in [5.74, 6) is -0.274. The average molecular weight is 465 g/mol. The Balaban J connectivity index is 1.95. The number of rotatable bonds is 8. The number of imidazole rings is 1. The third kappa shape index (κ3) is 5.90. The lowest BCUT2D eigenvalue weighted by Gasteiger charge is -2.22. The molecule has 33 heavy (non-hydrogen) atoms. The molecule has 0 fully saturated rings. The zero-order valence-corrected chi connectivity index (χ0v) is 20.2. The lowest BCUT2D eigenvalue weighted by molar-refractivity contribution is -0.136. The maximum absolute atomic E-state index is 12.9. The maximum atomic E-state index is 12.9. The molecule has 1 aromatic heterocycles. The van der Waals surface area contributed by atoms with Crippen molar-refractivity contribution in [3.63, 3.8) is 0 Å². The van der Waals surface area contributed by atoms with Crippen LogP contribution in [0.1, 0.15) is 25.0 Å². The Morgan fingerprint density at radius 2 is 1.85 bits per heavy atom. The van der Waals surface area contributed by atoms with Gasteiger partial charge in [-0.05, 0) is 49.2 Å². The summed E-state index contributed by atoms with van der Waals surface area (Å²) in [6, 6.07) is 13.4. The largest absolute Gasteiger partial charge is 0.329 e. The second kappa shape index (κ2) is 10.5. The molecular formula is C26H29ClN4O2. The van der Waals surface area contributed by atoms with Crippen LogP contribution < -0.4 is 5.32 Å². The lowest BCUT2D eigenvalue weighted by atomic mass is 10.1. The molecule has 0 aliphatic heterocycles. The Labute approximate surface area is 199 Å². The van der Waals surface area contributed by atoms with Gasteiger partial charge in [-0.1, -0.05) is 49.7 Å². The van der Waals surface area contributed by atoms with Crippen molar-refractivity contribution in [1.82, 2.24) is 14.5 Å². The topological polar surface area (TPSA) is 67.2 Å². The van der Waals surface area contributed by atoms with Gasteiger partial charge in [0.1, 0.15) is 6.54 Å². The molecule has 0 spiro atoms. The summed E-state index contributed by atoms with van der Waals surface area (Å²) in [5.41, 5.74) is 4.75. The molecule has 0 radical (unpaired) electrons. The van der Waals surface area contributed by atoms with E-state index in [1.54, 1.807) is 32.1 Å². The summed E-state index contributed by atoms with van der Waals surface area (Å²) >= 11 is 6.03. The van der Waals surface area contributed by atoms with Gasteiger partial charge in [-0.15, -0.1) is 6.58 Å². The van der Waals surface area contributed by atoms with Crippen LogP contribution in [0.2, 0.25) is 5.02 Å². The summed E-state index contributed by atoms with van der Waals surface area (Å²) in [6.45, 7) is 11.6. The standard InChI is InChI=1S/C26H29ClN4O2/c1-6-13-30(25(33)17(2)3)16-24(32)29-26-28-23(20-8-10-21(27)11-9-20)15-31(26)22-12-7-18(4)19(5)14-22/h6-12,14-15,17H,1,13,16H2,2-5H3,(H,28,29,32). The number of nitrogens with zero attached hydrogens (tertiary/aromatic N) is 3. The Kier molecular flexibility index (Phi) is 7.71. The Morgan fingerprint density at radius 1 is 1.15 bits per heavy atom. The molecule has 0 atom stereocenters. The zero-order valence-electron chi connectivity index (χ0n) is 19.4. The van der Waals surface area contributed by atoms with Crippen LogP contribution in [0.5, 0.6) is 0 Å². The molecule has 6 nitrogen and oxygen atoms in total. The highest BCUT2D eigenvalue weighted by Crippen LogP contribution is 2.26. The molecule has 0 saturated heterocycles. The summed E-state index contributed by atoms with van der Waals surface area (Å²) in [7, 11) is 0. The highest BCUT2D eigenvalue weighted by molar-refractivity contribution is 6.30. The second-order valence-electron chi connectivity index (χ2n) is 8.31. The highest BCUT2D eigenvalue weighted by Gasteiger charge is 2.21. The van der Waals surface area contributed by atoms with Gasteiger partial charge in [0.15, 0.2) is 0 Å². The normalized spacial score (nSPS) is 10.8. The van der Waals surface area contributed by atoms with Crippen LogP contribution in [0.25, 0.3) is 16.9 Å². The van der Waals surface area contributed by atoms with Crippen molar-refractivity contribution in [3.8, 4) is 16.9 Å². The average Bonchev–Trinajstić information content (AvgIpc) is 3.18. The van der Waals surface area contributed by atoms with Crippen molar-refractivity contribution < 1.29 is 9.59 Å². The molecule has 1 heterocycles. The molecule has 0 saturated carbocycles. The molecule has 2 aromatic carbocycles. The number of carbonyl (C=O) groups is 2. The third-order valence-electron chi connectivity index (χ3n) is 5.36. The van der Waals surface area contributed by atoms with Gasteiger partial charge < -0.3 is 4.90 Å². The molecule has 3 rings (SSSR count). The first kappa shape index (κ1) is 24.3. The van der Waals surface area contributed by atoms with Crippen molar-refractivity contribution in [1.29, 1.82) is 0 Å². The fraction of sp³-hybridized carbons (Fsp3) is 0.269. The van der Waals surface area contributed by atoms with Gasteiger partial charge in [0.25, 0.3) is 0 Å². The third-order valence-corrected chi connectivity index (χ3v) is 5.61. The molecule has 0 bridgehead atoms. The van der Waals surface area contributed by atoms with E-state index in [-0.39, 0.29) is 24.3 Å². The van der Waals surface area contributed by atoms with E-state index in [9.17, 15) is 9.59 Å². The van der Waals surface area contributed by atoms with Gasteiger partial charge in [0.2, 0.25) is 17.8 Å². The smallest absolute Gasteiger partial charge is 0.246 e. The van der Waals surface area contributed by atoms with Crippen LogP contribution in [0.3, 0.4) is 0 Å². The Hall–Kier alpha value is -3.38. The number of benzene rings is 2. The maximum Gasteiger partial charge on any atom is 0.246 e. The van der Waals surface area contributed by atoms with Crippen LogP contribution in [0.15, 0.2) is 61.3 Å². The molecule has 1 N–H and O–H groups in total. The van der Waals surface area contributed by atoms with Crippen molar-refractivity contribution in [2.45, 2.75) is 27.7 Å². The number of aryl methyl sites for hydroxylation is 2. The molecule has 3 aromatic rings. The van der Waals surface area contributed by atoms with E-state index in [0.717, 1.165) is 16.8 Å². The van der Waals surface area contributed by atoms with Gasteiger partial charge in [0, 0.05) is 34.9 Å². The molecule has 7 heteroatoms. The van der Waals surface area contributed by atoms with Crippen LogP contribution in [-0.2, 0) is 9.59 Å². The SMILES string of the molecule is C=CCN(CC(=O)Nc1nc(-c2ccc(Cl)cc2)cn1-c1ccc(C)c(C)c1)C(=O)C(C)C. The van der Waals surface area contributed by atoms with Gasteiger partial charge in [-0.3, -0.25) is 19.5 Å². The van der Waals surface area contributed by atoms with Gasteiger partial charge in [-0.2, -0.15) is 0 Å². The Bertz CT molecular complexity index is 1170. The van der Waals surface area contributed by atoms with Gasteiger partial charge in [-0.25, -0.2) is 4.98 Å². The van der Waals surface area contributed by atoms with Crippen molar-refractivity contribution in [3.05, 3.63) is 77.5 Å². The Morgan fingerprint density at radius 3 is 2.45 bits per heavy atom. The van der Waals surface area contributed by atoms with E-state index < -0.39 is 0 Å². The van der Waals surface area contributed by atoms with E-state index in [1.165, 1.54) is 10.5 Å². The van der Waals surface area contributed by atoms with E-state index in [0.29, 0.717) is 23.2 Å². The van der Waals surface area contributed by atoms with Crippen molar-refractivity contribution >= 4 is 29.4 Å². The first-order chi connectivity index (χ1) is 15.7. The molecule has 0 aliphatic carbocycles. The molecular weight excluding hydrogens is 436 g/mol. The van der Waals surface area contributed by atoms with Gasteiger partial charge in [0.05, 0.1) is 5.69 Å². The van der Waals surface area contributed by atoms with E-state index >= 15 is 0 Å². The minimum Gasteiger partial charge on any atom is -0.329 e. The molecule has 2 amide bonds. The van der Waals surface area contributed by atoms with Crippen LogP contribution in [-0.4, -0.2) is 39.4 Å².